The number of rotatable bonds is 4. The Morgan fingerprint density at radius 2 is 1.86 bits per heavy atom. The van der Waals surface area contributed by atoms with Crippen molar-refractivity contribution in [3.63, 3.8) is 0 Å². The molecule has 0 unspecified atom stereocenters. The zero-order chi connectivity index (χ0) is 15.5. The van der Waals surface area contributed by atoms with Crippen molar-refractivity contribution >= 4 is 11.6 Å². The van der Waals surface area contributed by atoms with Gasteiger partial charge in [-0.2, -0.15) is 5.10 Å². The number of benzene rings is 2. The summed E-state index contributed by atoms with van der Waals surface area (Å²) in [7, 11) is 1.65. The van der Waals surface area contributed by atoms with E-state index in [9.17, 15) is 0 Å². The first-order valence-corrected chi connectivity index (χ1v) is 7.29. The molecule has 1 aromatic heterocycles. The summed E-state index contributed by atoms with van der Waals surface area (Å²) in [6.07, 6.45) is 0. The van der Waals surface area contributed by atoms with Crippen LogP contribution in [0, 0.1) is 0 Å². The summed E-state index contributed by atoms with van der Waals surface area (Å²) in [6, 6.07) is 17.4. The molecular weight excluding hydrogens is 298 g/mol. The fourth-order valence-electron chi connectivity index (χ4n) is 2.34. The Bertz CT molecular complexity index is 781. The first-order chi connectivity index (χ1) is 10.7. The molecule has 22 heavy (non-hydrogen) atoms. The zero-order valence-corrected chi connectivity index (χ0v) is 12.9. The van der Waals surface area contributed by atoms with Crippen molar-refractivity contribution < 1.29 is 4.74 Å². The van der Waals surface area contributed by atoms with E-state index in [1.54, 1.807) is 7.11 Å². The van der Waals surface area contributed by atoms with Crippen LogP contribution < -0.4 is 10.5 Å². The van der Waals surface area contributed by atoms with Gasteiger partial charge in [-0.15, -0.1) is 0 Å². The number of methoxy groups -OCH3 is 1. The van der Waals surface area contributed by atoms with Crippen LogP contribution in [-0.4, -0.2) is 16.9 Å². The maximum Gasteiger partial charge on any atom is 0.144 e. The number of nitrogens with zero attached hydrogens (tertiary/aromatic N) is 2. The molecule has 3 aromatic rings. The molecule has 3 rings (SSSR count). The van der Waals surface area contributed by atoms with E-state index in [1.165, 1.54) is 0 Å². The van der Waals surface area contributed by atoms with Gasteiger partial charge in [0, 0.05) is 17.1 Å². The Labute approximate surface area is 134 Å². The summed E-state index contributed by atoms with van der Waals surface area (Å²) in [4.78, 5) is 0. The Kier molecular flexibility index (Phi) is 4.13. The lowest BCUT2D eigenvalue weighted by Gasteiger charge is -2.11. The predicted molar refractivity (Wildman–Crippen MR) is 88.5 cm³/mol. The molecule has 0 fully saturated rings. The van der Waals surface area contributed by atoms with E-state index in [2.05, 4.69) is 5.10 Å². The highest BCUT2D eigenvalue weighted by Gasteiger charge is 2.14. The Morgan fingerprint density at radius 1 is 1.14 bits per heavy atom. The molecule has 0 aliphatic heterocycles. The summed E-state index contributed by atoms with van der Waals surface area (Å²) in [5.74, 6) is 0.754. The topological polar surface area (TPSA) is 53.1 Å². The third-order valence-electron chi connectivity index (χ3n) is 3.42. The van der Waals surface area contributed by atoms with Crippen LogP contribution in [0.1, 0.15) is 5.69 Å². The highest BCUT2D eigenvalue weighted by Crippen LogP contribution is 2.29. The highest BCUT2D eigenvalue weighted by molar-refractivity contribution is 6.30. The van der Waals surface area contributed by atoms with Crippen molar-refractivity contribution in [3.8, 4) is 22.7 Å². The smallest absolute Gasteiger partial charge is 0.144 e. The molecule has 0 spiro atoms. The molecule has 0 bridgehead atoms. The lowest BCUT2D eigenvalue weighted by Crippen LogP contribution is -2.03. The first-order valence-electron chi connectivity index (χ1n) is 6.91. The van der Waals surface area contributed by atoms with Crippen LogP contribution in [-0.2, 0) is 6.54 Å². The summed E-state index contributed by atoms with van der Waals surface area (Å²) < 4.78 is 7.29. The summed E-state index contributed by atoms with van der Waals surface area (Å²) in [5.41, 5.74) is 9.40. The van der Waals surface area contributed by atoms with Crippen LogP contribution in [0.2, 0.25) is 5.02 Å². The van der Waals surface area contributed by atoms with Crippen LogP contribution in [0.4, 0.5) is 0 Å². The van der Waals surface area contributed by atoms with Gasteiger partial charge in [0.25, 0.3) is 0 Å². The van der Waals surface area contributed by atoms with Crippen molar-refractivity contribution in [2.75, 3.05) is 7.11 Å². The number of para-hydroxylation sites is 2. The Morgan fingerprint density at radius 3 is 2.55 bits per heavy atom. The second-order valence-electron chi connectivity index (χ2n) is 4.82. The molecule has 4 nitrogen and oxygen atoms in total. The molecule has 0 atom stereocenters. The SMILES string of the molecule is COc1ccccc1-n1nc(CN)cc1-c1ccc(Cl)cc1. The van der Waals surface area contributed by atoms with Gasteiger partial charge in [-0.05, 0) is 30.3 Å². The van der Waals surface area contributed by atoms with Crippen LogP contribution in [0.15, 0.2) is 54.6 Å². The number of aromatic nitrogens is 2. The van der Waals surface area contributed by atoms with Crippen molar-refractivity contribution in [3.05, 3.63) is 65.3 Å². The number of hydrogen-bond donors (Lipinski definition) is 1. The third-order valence-corrected chi connectivity index (χ3v) is 3.67. The fraction of sp³-hybridized carbons (Fsp3) is 0.118. The van der Waals surface area contributed by atoms with E-state index in [-0.39, 0.29) is 0 Å². The summed E-state index contributed by atoms with van der Waals surface area (Å²) in [6.45, 7) is 0.378. The molecule has 2 aromatic carbocycles. The van der Waals surface area contributed by atoms with Gasteiger partial charge in [-0.25, -0.2) is 4.68 Å². The summed E-state index contributed by atoms with van der Waals surface area (Å²) >= 11 is 5.97. The van der Waals surface area contributed by atoms with Crippen LogP contribution in [0.25, 0.3) is 16.9 Å². The average Bonchev–Trinajstić information content (AvgIpc) is 2.99. The van der Waals surface area contributed by atoms with E-state index >= 15 is 0 Å². The fourth-order valence-corrected chi connectivity index (χ4v) is 2.47. The average molecular weight is 314 g/mol. The molecule has 0 amide bonds. The molecule has 0 saturated carbocycles. The molecule has 2 N–H and O–H groups in total. The van der Waals surface area contributed by atoms with E-state index < -0.39 is 0 Å². The molecule has 0 aliphatic carbocycles. The lowest BCUT2D eigenvalue weighted by atomic mass is 10.1. The third kappa shape index (κ3) is 2.71. The Balaban J connectivity index is 2.19. The monoisotopic (exact) mass is 313 g/mol. The minimum absolute atomic E-state index is 0.378. The quantitative estimate of drug-likeness (QED) is 0.799. The highest BCUT2D eigenvalue weighted by atomic mass is 35.5. The maximum atomic E-state index is 5.97. The molecule has 5 heteroatoms. The zero-order valence-electron chi connectivity index (χ0n) is 12.2. The molecule has 0 radical (unpaired) electrons. The number of nitrogens with two attached hydrogens (primary N) is 1. The van der Waals surface area contributed by atoms with Crippen molar-refractivity contribution in [1.29, 1.82) is 0 Å². The molecule has 1 heterocycles. The van der Waals surface area contributed by atoms with Crippen LogP contribution >= 0.6 is 11.6 Å². The van der Waals surface area contributed by atoms with Crippen molar-refractivity contribution in [2.45, 2.75) is 6.54 Å². The van der Waals surface area contributed by atoms with Gasteiger partial charge >= 0.3 is 0 Å². The van der Waals surface area contributed by atoms with Gasteiger partial charge in [-0.1, -0.05) is 35.9 Å². The minimum Gasteiger partial charge on any atom is -0.494 e. The van der Waals surface area contributed by atoms with Crippen molar-refractivity contribution in [2.24, 2.45) is 5.73 Å². The second-order valence-corrected chi connectivity index (χ2v) is 5.25. The van der Waals surface area contributed by atoms with Gasteiger partial charge in [0.15, 0.2) is 0 Å². The van der Waals surface area contributed by atoms with Crippen LogP contribution in [0.5, 0.6) is 5.75 Å². The van der Waals surface area contributed by atoms with Crippen molar-refractivity contribution in [1.82, 2.24) is 9.78 Å². The first kappa shape index (κ1) is 14.6. The van der Waals surface area contributed by atoms with E-state index in [0.717, 1.165) is 28.4 Å². The molecule has 0 aliphatic rings. The Hall–Kier alpha value is -2.30. The van der Waals surface area contributed by atoms with Gasteiger partial charge in [0.2, 0.25) is 0 Å². The van der Waals surface area contributed by atoms with Gasteiger partial charge in [0.05, 0.1) is 18.5 Å². The number of halogens is 1. The molecular formula is C17H16ClN3O. The lowest BCUT2D eigenvalue weighted by molar-refractivity contribution is 0.412. The standard InChI is InChI=1S/C17H16ClN3O/c1-22-17-5-3-2-4-15(17)21-16(10-14(11-19)20-21)12-6-8-13(18)9-7-12/h2-10H,11,19H2,1H3. The van der Waals surface area contributed by atoms with E-state index in [4.69, 9.17) is 22.1 Å². The van der Waals surface area contributed by atoms with E-state index in [1.807, 2.05) is 59.3 Å². The normalized spacial score (nSPS) is 10.7. The second kappa shape index (κ2) is 6.22. The maximum absolute atomic E-state index is 5.97. The molecule has 112 valence electrons. The number of ether oxygens (including phenoxy) is 1. The summed E-state index contributed by atoms with van der Waals surface area (Å²) in [5, 5.41) is 5.29. The molecule has 0 saturated heterocycles. The largest absolute Gasteiger partial charge is 0.494 e. The van der Waals surface area contributed by atoms with Crippen LogP contribution in [0.3, 0.4) is 0 Å². The number of hydrogen-bond acceptors (Lipinski definition) is 3. The van der Waals surface area contributed by atoms with Gasteiger partial charge < -0.3 is 10.5 Å². The predicted octanol–water partition coefficient (Wildman–Crippen LogP) is 3.66. The minimum atomic E-state index is 0.378. The van der Waals surface area contributed by atoms with E-state index in [0.29, 0.717) is 11.6 Å². The van der Waals surface area contributed by atoms with Gasteiger partial charge in [-0.3, -0.25) is 0 Å². The van der Waals surface area contributed by atoms with Gasteiger partial charge in [0.1, 0.15) is 11.4 Å².